The van der Waals surface area contributed by atoms with Crippen molar-refractivity contribution < 1.29 is 14.3 Å². The van der Waals surface area contributed by atoms with Crippen molar-refractivity contribution in [2.75, 3.05) is 30.3 Å². The van der Waals surface area contributed by atoms with Crippen LogP contribution >= 0.6 is 22.6 Å². The van der Waals surface area contributed by atoms with E-state index in [0.29, 0.717) is 29.2 Å². The van der Waals surface area contributed by atoms with Crippen LogP contribution in [0.2, 0.25) is 0 Å². The third-order valence-corrected chi connectivity index (χ3v) is 6.73. The summed E-state index contributed by atoms with van der Waals surface area (Å²) in [6, 6.07) is -0.127. The van der Waals surface area contributed by atoms with Crippen LogP contribution in [-0.2, 0) is 16.5 Å². The number of nitrogens with one attached hydrogen (secondary N) is 1. The second-order valence-electron chi connectivity index (χ2n) is 8.96. The molecule has 0 aliphatic carbocycles. The third kappa shape index (κ3) is 4.47. The maximum atomic E-state index is 12.4. The fourth-order valence-electron chi connectivity index (χ4n) is 4.16. The van der Waals surface area contributed by atoms with E-state index in [-0.39, 0.29) is 28.9 Å². The molecule has 3 heterocycles. The maximum absolute atomic E-state index is 12.4. The molecule has 3 N–H and O–H groups in total. The number of alkyl carbamates (subject to hydrolysis) is 1. The van der Waals surface area contributed by atoms with E-state index >= 15 is 0 Å². The topological polar surface area (TPSA) is 112 Å². The number of nitrogen functional groups attached to an aromatic ring is 1. The summed E-state index contributed by atoms with van der Waals surface area (Å²) in [6.07, 6.45) is 1.10. The second-order valence-corrected chi connectivity index (χ2v) is 10.0. The van der Waals surface area contributed by atoms with Gasteiger partial charge in [0.1, 0.15) is 15.0 Å². The van der Waals surface area contributed by atoms with Crippen LogP contribution in [-0.4, -0.2) is 53.1 Å². The van der Waals surface area contributed by atoms with Gasteiger partial charge in [-0.3, -0.25) is 9.36 Å². The van der Waals surface area contributed by atoms with Gasteiger partial charge >= 0.3 is 6.09 Å². The first-order valence-corrected chi connectivity index (χ1v) is 10.9. The lowest BCUT2D eigenvalue weighted by atomic mass is 9.73. The number of amides is 1. The first-order valence-electron chi connectivity index (χ1n) is 9.81. The van der Waals surface area contributed by atoms with E-state index in [1.54, 1.807) is 11.6 Å². The molecule has 2 aliphatic rings. The Labute approximate surface area is 184 Å². The lowest BCUT2D eigenvalue weighted by molar-refractivity contribution is 0.0434. The van der Waals surface area contributed by atoms with Crippen molar-refractivity contribution >= 4 is 40.5 Å². The Morgan fingerprint density at radius 3 is 2.59 bits per heavy atom. The Kier molecular flexibility index (Phi) is 6.06. The van der Waals surface area contributed by atoms with Crippen molar-refractivity contribution in [1.82, 2.24) is 14.9 Å². The highest BCUT2D eigenvalue weighted by molar-refractivity contribution is 14.1. The molecule has 2 atom stereocenters. The minimum Gasteiger partial charge on any atom is -0.444 e. The quantitative estimate of drug-likeness (QED) is 0.574. The van der Waals surface area contributed by atoms with E-state index in [9.17, 15) is 9.59 Å². The molecule has 0 unspecified atom stereocenters. The molecule has 29 heavy (non-hydrogen) atoms. The van der Waals surface area contributed by atoms with Crippen LogP contribution in [0.25, 0.3) is 0 Å². The van der Waals surface area contributed by atoms with E-state index < -0.39 is 11.7 Å². The van der Waals surface area contributed by atoms with Gasteiger partial charge in [0.05, 0.1) is 18.8 Å². The summed E-state index contributed by atoms with van der Waals surface area (Å²) in [7, 11) is 1.71. The summed E-state index contributed by atoms with van der Waals surface area (Å²) in [5, 5.41) is 3.04. The van der Waals surface area contributed by atoms with Crippen LogP contribution in [0.15, 0.2) is 4.79 Å². The van der Waals surface area contributed by atoms with E-state index in [4.69, 9.17) is 15.2 Å². The van der Waals surface area contributed by atoms with Gasteiger partial charge in [-0.15, -0.1) is 0 Å². The number of hydrogen-bond donors (Lipinski definition) is 2. The molecule has 0 aromatic carbocycles. The van der Waals surface area contributed by atoms with E-state index in [1.807, 2.05) is 50.3 Å². The minimum atomic E-state index is -0.551. The molecule has 2 aliphatic heterocycles. The summed E-state index contributed by atoms with van der Waals surface area (Å²) in [6.45, 7) is 9.50. The van der Waals surface area contributed by atoms with Crippen molar-refractivity contribution in [1.29, 1.82) is 0 Å². The van der Waals surface area contributed by atoms with E-state index in [0.717, 1.165) is 12.8 Å². The molecule has 1 aromatic heterocycles. The minimum absolute atomic E-state index is 0.0921. The number of piperidine rings is 1. The van der Waals surface area contributed by atoms with Gasteiger partial charge in [-0.05, 0) is 63.1 Å². The Morgan fingerprint density at radius 1 is 1.38 bits per heavy atom. The van der Waals surface area contributed by atoms with Crippen LogP contribution in [0.1, 0.15) is 40.5 Å². The van der Waals surface area contributed by atoms with E-state index in [1.165, 1.54) is 0 Å². The number of hydrogen-bond acceptors (Lipinski definition) is 7. The van der Waals surface area contributed by atoms with Crippen LogP contribution in [0, 0.1) is 8.99 Å². The number of nitrogens with zero attached hydrogens (tertiary/aromatic N) is 3. The SMILES string of the molecule is C[C@@H]1OCC2(CCN(c3nc(N)c(I)c(=O)n3C)CC2)[C@@H]1NC(=O)OC(C)(C)C. The second kappa shape index (κ2) is 7.93. The number of halogens is 1. The molecule has 0 saturated carbocycles. The number of carbonyl (C=O) groups excluding carboxylic acids is 1. The predicted octanol–water partition coefficient (Wildman–Crippen LogP) is 1.87. The number of carbonyl (C=O) groups is 1. The van der Waals surface area contributed by atoms with E-state index in [2.05, 4.69) is 15.2 Å². The molecule has 1 spiro atoms. The normalized spacial score (nSPS) is 24.0. The third-order valence-electron chi connectivity index (χ3n) is 5.71. The molecule has 3 rings (SSSR count). The van der Waals surface area contributed by atoms with Gasteiger partial charge in [0, 0.05) is 25.6 Å². The van der Waals surface area contributed by atoms with Crippen LogP contribution in [0.5, 0.6) is 0 Å². The number of rotatable bonds is 2. The van der Waals surface area contributed by atoms with Crippen molar-refractivity contribution in [3.05, 3.63) is 13.9 Å². The lowest BCUT2D eigenvalue weighted by Crippen LogP contribution is -2.55. The molecule has 10 heteroatoms. The standard InChI is InChI=1S/C19H30IN5O4/c1-11-13(22-17(27)29-18(2,3)4)19(10-28-11)6-8-25(9-7-19)16-23-14(21)12(20)15(26)24(16)5/h11,13H,6-10,21H2,1-5H3,(H,22,27)/t11-,13+/m0/s1. The van der Waals surface area contributed by atoms with Crippen molar-refractivity contribution in [3.8, 4) is 0 Å². The average molecular weight is 519 g/mol. The van der Waals surface area contributed by atoms with Gasteiger partial charge in [-0.2, -0.15) is 4.98 Å². The number of ether oxygens (including phenoxy) is 2. The zero-order valence-corrected chi connectivity index (χ0v) is 19.8. The Balaban J connectivity index is 1.74. The molecule has 2 saturated heterocycles. The van der Waals surface area contributed by atoms with Crippen molar-refractivity contribution in [2.24, 2.45) is 12.5 Å². The van der Waals surface area contributed by atoms with Gasteiger partial charge in [-0.1, -0.05) is 0 Å². The summed E-state index contributed by atoms with van der Waals surface area (Å²) >= 11 is 1.92. The van der Waals surface area contributed by atoms with Crippen LogP contribution in [0.3, 0.4) is 0 Å². The molecule has 1 aromatic rings. The largest absolute Gasteiger partial charge is 0.444 e. The Bertz CT molecular complexity index is 842. The smallest absolute Gasteiger partial charge is 0.407 e. The summed E-state index contributed by atoms with van der Waals surface area (Å²) in [5.74, 6) is 0.831. The first-order chi connectivity index (χ1) is 13.4. The lowest BCUT2D eigenvalue weighted by Gasteiger charge is -2.43. The summed E-state index contributed by atoms with van der Waals surface area (Å²) in [4.78, 5) is 31.2. The van der Waals surface area contributed by atoms with Gasteiger partial charge < -0.3 is 25.4 Å². The molecule has 162 valence electrons. The zero-order chi connectivity index (χ0) is 21.6. The Morgan fingerprint density at radius 2 is 2.00 bits per heavy atom. The van der Waals surface area contributed by atoms with Crippen LogP contribution in [0.4, 0.5) is 16.6 Å². The highest BCUT2D eigenvalue weighted by atomic mass is 127. The number of aromatic nitrogens is 2. The van der Waals surface area contributed by atoms with Gasteiger partial charge in [-0.25, -0.2) is 4.79 Å². The molecule has 0 bridgehead atoms. The molecular weight excluding hydrogens is 489 g/mol. The van der Waals surface area contributed by atoms with Crippen molar-refractivity contribution in [2.45, 2.75) is 58.3 Å². The Hall–Kier alpha value is -1.56. The zero-order valence-electron chi connectivity index (χ0n) is 17.6. The van der Waals surface area contributed by atoms with Gasteiger partial charge in [0.2, 0.25) is 5.95 Å². The van der Waals surface area contributed by atoms with Crippen LogP contribution < -0.4 is 21.5 Å². The predicted molar refractivity (Wildman–Crippen MR) is 119 cm³/mol. The molecule has 9 nitrogen and oxygen atoms in total. The maximum Gasteiger partial charge on any atom is 0.407 e. The van der Waals surface area contributed by atoms with Gasteiger partial charge in [0.15, 0.2) is 0 Å². The van der Waals surface area contributed by atoms with Gasteiger partial charge in [0.25, 0.3) is 5.56 Å². The average Bonchev–Trinajstić information content (AvgIpc) is 2.92. The first kappa shape index (κ1) is 22.1. The van der Waals surface area contributed by atoms with Crippen molar-refractivity contribution in [3.63, 3.8) is 0 Å². The molecule has 1 amide bonds. The molecule has 2 fully saturated rings. The monoisotopic (exact) mass is 519 g/mol. The number of nitrogens with two attached hydrogens (primary N) is 1. The summed E-state index contributed by atoms with van der Waals surface area (Å²) < 4.78 is 13.3. The molecule has 0 radical (unpaired) electrons. The summed E-state index contributed by atoms with van der Waals surface area (Å²) in [5.41, 5.74) is 5.06. The fourth-order valence-corrected chi connectivity index (χ4v) is 4.64. The molecular formula is C19H30IN5O4. The number of anilines is 2. The highest BCUT2D eigenvalue weighted by Crippen LogP contribution is 2.43. The highest BCUT2D eigenvalue weighted by Gasteiger charge is 2.50. The fraction of sp³-hybridized carbons (Fsp3) is 0.737.